The summed E-state index contributed by atoms with van der Waals surface area (Å²) in [7, 11) is 1.56. The molecule has 15 heteroatoms. The van der Waals surface area contributed by atoms with Crippen LogP contribution in [0.15, 0.2) is 78.0 Å². The standard InChI is InChI=1S/C33H34F3N7O4S/c1-5-27(21-6-8-22(9-7-21)30-37-19-42(41-30)24-11-14-25(15-12-24)47-33(34,35)36)39-40-31(45)38-32-43(29(44)18-48-32)28-17-26(46-4)13-10-23(28)16-20(2)3/h6-15,17,19-20,27,39H,5,16,18H2,1-4H3,(H,40,45). The van der Waals surface area contributed by atoms with Crippen LogP contribution in [0.1, 0.15) is 44.4 Å². The lowest BCUT2D eigenvalue weighted by Gasteiger charge is -2.22. The van der Waals surface area contributed by atoms with E-state index in [-0.39, 0.29) is 28.6 Å². The van der Waals surface area contributed by atoms with E-state index < -0.39 is 12.4 Å². The molecule has 1 unspecified atom stereocenters. The molecule has 2 heterocycles. The zero-order valence-corrected chi connectivity index (χ0v) is 27.4. The minimum atomic E-state index is -4.77. The van der Waals surface area contributed by atoms with E-state index in [1.807, 2.05) is 43.3 Å². The van der Waals surface area contributed by atoms with Crippen LogP contribution in [0.4, 0.5) is 23.7 Å². The summed E-state index contributed by atoms with van der Waals surface area (Å²) in [5, 5.41) is 4.72. The maximum Gasteiger partial charge on any atom is 0.573 e. The maximum absolute atomic E-state index is 12.9. The molecule has 1 aromatic heterocycles. The molecule has 252 valence electrons. The van der Waals surface area contributed by atoms with Crippen molar-refractivity contribution < 1.29 is 32.2 Å². The molecule has 0 radical (unpaired) electrons. The highest BCUT2D eigenvalue weighted by Crippen LogP contribution is 2.34. The highest BCUT2D eigenvalue weighted by molar-refractivity contribution is 8.15. The van der Waals surface area contributed by atoms with E-state index in [9.17, 15) is 22.8 Å². The number of carbonyl (C=O) groups excluding carboxylic acids is 2. The molecule has 3 aromatic carbocycles. The number of urea groups is 1. The van der Waals surface area contributed by atoms with Crippen LogP contribution in [0.3, 0.4) is 0 Å². The monoisotopic (exact) mass is 681 g/mol. The van der Waals surface area contributed by atoms with Gasteiger partial charge in [0.05, 0.1) is 30.3 Å². The second-order valence-electron chi connectivity index (χ2n) is 11.2. The van der Waals surface area contributed by atoms with Crippen molar-refractivity contribution in [2.24, 2.45) is 10.9 Å². The first-order chi connectivity index (χ1) is 22.9. The van der Waals surface area contributed by atoms with Crippen LogP contribution in [0.5, 0.6) is 11.5 Å². The van der Waals surface area contributed by atoms with Crippen LogP contribution in [0.25, 0.3) is 17.1 Å². The van der Waals surface area contributed by atoms with Gasteiger partial charge >= 0.3 is 12.4 Å². The number of hydrogen-bond acceptors (Lipinski definition) is 8. The minimum absolute atomic E-state index is 0.165. The molecule has 0 spiro atoms. The summed E-state index contributed by atoms with van der Waals surface area (Å²) < 4.78 is 48.1. The molecule has 1 atom stereocenters. The third-order valence-corrected chi connectivity index (χ3v) is 8.21. The van der Waals surface area contributed by atoms with Gasteiger partial charge in [0.25, 0.3) is 0 Å². The Morgan fingerprint density at radius 1 is 1.06 bits per heavy atom. The average Bonchev–Trinajstić information content (AvgIpc) is 3.68. The zero-order valence-electron chi connectivity index (χ0n) is 26.6. The van der Waals surface area contributed by atoms with Gasteiger partial charge in [-0.3, -0.25) is 15.1 Å². The van der Waals surface area contributed by atoms with Gasteiger partial charge in [-0.25, -0.2) is 19.9 Å². The largest absolute Gasteiger partial charge is 0.573 e. The van der Waals surface area contributed by atoms with Gasteiger partial charge in [0.2, 0.25) is 5.91 Å². The summed E-state index contributed by atoms with van der Waals surface area (Å²) >= 11 is 1.20. The van der Waals surface area contributed by atoms with E-state index in [1.54, 1.807) is 13.2 Å². The molecule has 1 aliphatic rings. The Balaban J connectivity index is 1.23. The molecule has 2 N–H and O–H groups in total. The van der Waals surface area contributed by atoms with Gasteiger partial charge in [-0.2, -0.15) is 4.99 Å². The fraction of sp³-hybridized carbons (Fsp3) is 0.303. The molecule has 4 aromatic rings. The van der Waals surface area contributed by atoms with E-state index in [0.717, 1.165) is 23.1 Å². The van der Waals surface area contributed by atoms with Crippen LogP contribution in [-0.2, 0) is 11.2 Å². The lowest BCUT2D eigenvalue weighted by molar-refractivity contribution is -0.274. The molecule has 11 nitrogen and oxygen atoms in total. The third kappa shape index (κ3) is 8.52. The number of anilines is 1. The summed E-state index contributed by atoms with van der Waals surface area (Å²) in [4.78, 5) is 35.9. The Labute approximate surface area is 279 Å². The second-order valence-corrected chi connectivity index (χ2v) is 12.2. The number of amides is 3. The Hall–Kier alpha value is -4.89. The van der Waals surface area contributed by atoms with Gasteiger partial charge in [0.15, 0.2) is 11.0 Å². The van der Waals surface area contributed by atoms with Crippen molar-refractivity contribution in [3.05, 3.63) is 84.2 Å². The topological polar surface area (TPSA) is 123 Å². The first-order valence-electron chi connectivity index (χ1n) is 15.1. The molecule has 0 aliphatic carbocycles. The highest BCUT2D eigenvalue weighted by Gasteiger charge is 2.33. The lowest BCUT2D eigenvalue weighted by Crippen LogP contribution is -2.39. The molecule has 3 amide bonds. The number of benzene rings is 3. The Kier molecular flexibility index (Phi) is 10.7. The average molecular weight is 682 g/mol. The van der Waals surface area contributed by atoms with Gasteiger partial charge in [0.1, 0.15) is 17.8 Å². The molecule has 1 saturated heterocycles. The first-order valence-corrected chi connectivity index (χ1v) is 16.1. The van der Waals surface area contributed by atoms with E-state index in [2.05, 4.69) is 44.5 Å². The van der Waals surface area contributed by atoms with Crippen molar-refractivity contribution in [2.45, 2.75) is 46.0 Å². The number of amidine groups is 1. The minimum Gasteiger partial charge on any atom is -0.497 e. The summed E-state index contributed by atoms with van der Waals surface area (Å²) in [6.45, 7) is 6.15. The number of carbonyl (C=O) groups is 2. The van der Waals surface area contributed by atoms with Crippen molar-refractivity contribution in [1.29, 1.82) is 0 Å². The van der Waals surface area contributed by atoms with E-state index >= 15 is 0 Å². The highest BCUT2D eigenvalue weighted by atomic mass is 32.2. The van der Waals surface area contributed by atoms with Gasteiger partial charge in [0, 0.05) is 11.6 Å². The van der Waals surface area contributed by atoms with Crippen molar-refractivity contribution in [3.8, 4) is 28.6 Å². The molecular weight excluding hydrogens is 647 g/mol. The summed E-state index contributed by atoms with van der Waals surface area (Å²) in [6.07, 6.45) is -1.93. The van der Waals surface area contributed by atoms with Crippen LogP contribution in [0.2, 0.25) is 0 Å². The Bertz CT molecular complexity index is 1780. The summed E-state index contributed by atoms with van der Waals surface area (Å²) in [5.41, 5.74) is 9.40. The van der Waals surface area contributed by atoms with Crippen molar-refractivity contribution in [3.63, 3.8) is 0 Å². The molecule has 0 saturated carbocycles. The Morgan fingerprint density at radius 2 is 1.77 bits per heavy atom. The van der Waals surface area contributed by atoms with Gasteiger partial charge < -0.3 is 9.47 Å². The smallest absolute Gasteiger partial charge is 0.497 e. The number of hydrazine groups is 1. The second kappa shape index (κ2) is 14.9. The van der Waals surface area contributed by atoms with E-state index in [4.69, 9.17) is 4.74 Å². The number of hydrogen-bond donors (Lipinski definition) is 2. The molecule has 1 aliphatic heterocycles. The summed E-state index contributed by atoms with van der Waals surface area (Å²) in [5.74, 6) is 1.03. The molecule has 0 bridgehead atoms. The first kappa shape index (κ1) is 34.4. The molecule has 1 fully saturated rings. The van der Waals surface area contributed by atoms with E-state index in [1.165, 1.54) is 51.9 Å². The van der Waals surface area contributed by atoms with Gasteiger partial charge in [-0.15, -0.1) is 18.3 Å². The van der Waals surface area contributed by atoms with Crippen LogP contribution in [0, 0.1) is 5.92 Å². The number of ether oxygens (including phenoxy) is 2. The number of aromatic nitrogens is 3. The zero-order chi connectivity index (χ0) is 34.4. The third-order valence-electron chi connectivity index (χ3n) is 7.28. The van der Waals surface area contributed by atoms with Crippen molar-refractivity contribution in [2.75, 3.05) is 17.8 Å². The predicted molar refractivity (Wildman–Crippen MR) is 177 cm³/mol. The maximum atomic E-state index is 12.9. The SMILES string of the molecule is CCC(NNC(=O)N=C1SCC(=O)N1c1cc(OC)ccc1CC(C)C)c1ccc(-c2ncn(-c3ccc(OC(F)(F)F)cc3)n2)cc1. The number of aliphatic imine (C=N–C) groups is 1. The van der Waals surface area contributed by atoms with Gasteiger partial charge in [-0.1, -0.05) is 62.9 Å². The number of nitrogens with one attached hydrogen (secondary N) is 2. The fourth-order valence-electron chi connectivity index (χ4n) is 5.04. The van der Waals surface area contributed by atoms with Crippen molar-refractivity contribution >= 4 is 34.6 Å². The molecule has 48 heavy (non-hydrogen) atoms. The normalized spacial score (nSPS) is 14.9. The van der Waals surface area contributed by atoms with Crippen molar-refractivity contribution in [1.82, 2.24) is 25.6 Å². The van der Waals surface area contributed by atoms with Gasteiger partial charge in [-0.05, 0) is 60.2 Å². The van der Waals surface area contributed by atoms with Crippen LogP contribution < -0.4 is 25.2 Å². The Morgan fingerprint density at radius 3 is 2.42 bits per heavy atom. The number of methoxy groups -OCH3 is 1. The van der Waals surface area contributed by atoms with Crippen LogP contribution in [-0.4, -0.2) is 51.1 Å². The molecular formula is C33H34F3N7O4S. The van der Waals surface area contributed by atoms with E-state index in [0.29, 0.717) is 35.3 Å². The number of halogens is 3. The lowest BCUT2D eigenvalue weighted by atomic mass is 10.0. The number of thioether (sulfide) groups is 1. The number of nitrogens with zero attached hydrogens (tertiary/aromatic N) is 5. The predicted octanol–water partition coefficient (Wildman–Crippen LogP) is 6.84. The quantitative estimate of drug-likeness (QED) is 0.165. The summed E-state index contributed by atoms with van der Waals surface area (Å²) in [6, 6.07) is 17.4. The fourth-order valence-corrected chi connectivity index (χ4v) is 5.90. The number of alkyl halides is 3. The van der Waals surface area contributed by atoms with Crippen LogP contribution >= 0.6 is 11.8 Å². The number of rotatable bonds is 11. The molecule has 5 rings (SSSR count).